The lowest BCUT2D eigenvalue weighted by Crippen LogP contribution is -2.42. The van der Waals surface area contributed by atoms with Crippen molar-refractivity contribution in [3.05, 3.63) is 35.0 Å². The SMILES string of the molecule is C[C@H]1CN(C(=O)c2ccn(C3CC3)n2)Cc2onc(C(C)(O)C(F)(F)F)c21. The van der Waals surface area contributed by atoms with Crippen molar-refractivity contribution in [3.8, 4) is 0 Å². The molecular weight excluding hydrogens is 365 g/mol. The van der Waals surface area contributed by atoms with E-state index in [-0.39, 0.29) is 30.3 Å². The molecule has 1 aliphatic carbocycles. The van der Waals surface area contributed by atoms with Crippen LogP contribution < -0.4 is 0 Å². The van der Waals surface area contributed by atoms with E-state index in [4.69, 9.17) is 4.52 Å². The van der Waals surface area contributed by atoms with Crippen molar-refractivity contribution >= 4 is 5.91 Å². The molecule has 7 nitrogen and oxygen atoms in total. The first-order chi connectivity index (χ1) is 12.6. The maximum Gasteiger partial charge on any atom is 0.422 e. The highest BCUT2D eigenvalue weighted by atomic mass is 19.4. The van der Waals surface area contributed by atoms with Crippen molar-refractivity contribution in [2.24, 2.45) is 0 Å². The molecular formula is C17H19F3N4O3. The van der Waals surface area contributed by atoms with Crippen LogP contribution in [-0.4, -0.2) is 43.6 Å². The normalized spacial score (nSPS) is 22.4. The van der Waals surface area contributed by atoms with Crippen LogP contribution in [0.5, 0.6) is 0 Å². The lowest BCUT2D eigenvalue weighted by molar-refractivity contribution is -0.261. The molecule has 1 saturated carbocycles. The Hall–Kier alpha value is -2.36. The van der Waals surface area contributed by atoms with Crippen LogP contribution in [0.4, 0.5) is 13.2 Å². The number of aliphatic hydroxyl groups is 1. The maximum atomic E-state index is 13.2. The van der Waals surface area contributed by atoms with Gasteiger partial charge in [-0.05, 0) is 25.8 Å². The van der Waals surface area contributed by atoms with E-state index in [1.807, 2.05) is 0 Å². The Labute approximate surface area is 152 Å². The molecule has 2 aromatic rings. The molecule has 1 amide bonds. The number of hydrogen-bond acceptors (Lipinski definition) is 5. The van der Waals surface area contributed by atoms with Crippen LogP contribution in [-0.2, 0) is 12.1 Å². The van der Waals surface area contributed by atoms with E-state index in [2.05, 4.69) is 10.3 Å². The van der Waals surface area contributed by atoms with Gasteiger partial charge in [-0.3, -0.25) is 9.48 Å². The fourth-order valence-corrected chi connectivity index (χ4v) is 3.41. The fraction of sp³-hybridized carbons (Fsp3) is 0.588. The summed E-state index contributed by atoms with van der Waals surface area (Å²) in [5, 5.41) is 17.7. The average Bonchev–Trinajstić information content (AvgIpc) is 3.15. The monoisotopic (exact) mass is 384 g/mol. The van der Waals surface area contributed by atoms with Gasteiger partial charge in [0.15, 0.2) is 5.76 Å². The standard InChI is InChI=1S/C17H19F3N4O3/c1-9-7-23(15(25)11-5-6-24(21-11)10-3-4-10)8-12-13(9)14(22-27-12)16(2,26)17(18,19)20/h5-6,9-10,26H,3-4,7-8H2,1-2H3/t9-,16?/m0/s1. The number of carbonyl (C=O) groups is 1. The number of rotatable bonds is 3. The Kier molecular flexibility index (Phi) is 3.88. The second kappa shape index (κ2) is 5.82. The Bertz CT molecular complexity index is 882. The van der Waals surface area contributed by atoms with Crippen LogP contribution in [0, 0.1) is 0 Å². The smallest absolute Gasteiger partial charge is 0.375 e. The molecule has 2 aromatic heterocycles. The van der Waals surface area contributed by atoms with Crippen molar-refractivity contribution in [2.45, 2.75) is 57.0 Å². The summed E-state index contributed by atoms with van der Waals surface area (Å²) in [6.07, 6.45) is -1.05. The summed E-state index contributed by atoms with van der Waals surface area (Å²) in [5.74, 6) is -0.631. The molecule has 1 unspecified atom stereocenters. The molecule has 4 rings (SSSR count). The minimum absolute atomic E-state index is 0.0181. The van der Waals surface area contributed by atoms with Gasteiger partial charge in [-0.1, -0.05) is 12.1 Å². The van der Waals surface area contributed by atoms with Gasteiger partial charge in [0, 0.05) is 24.2 Å². The zero-order valence-corrected chi connectivity index (χ0v) is 14.8. The lowest BCUT2D eigenvalue weighted by atomic mass is 9.87. The number of nitrogens with zero attached hydrogens (tertiary/aromatic N) is 4. The number of aromatic nitrogens is 3. The zero-order valence-electron chi connectivity index (χ0n) is 14.8. The summed E-state index contributed by atoms with van der Waals surface area (Å²) < 4.78 is 46.4. The molecule has 146 valence electrons. The molecule has 1 aliphatic heterocycles. The van der Waals surface area contributed by atoms with Crippen molar-refractivity contribution in [1.29, 1.82) is 0 Å². The van der Waals surface area contributed by atoms with E-state index < -0.39 is 23.4 Å². The van der Waals surface area contributed by atoms with E-state index in [9.17, 15) is 23.1 Å². The third-order valence-corrected chi connectivity index (χ3v) is 5.17. The Morgan fingerprint density at radius 1 is 1.37 bits per heavy atom. The van der Waals surface area contributed by atoms with Crippen LogP contribution in [0.2, 0.25) is 0 Å². The van der Waals surface area contributed by atoms with E-state index in [1.165, 1.54) is 4.90 Å². The summed E-state index contributed by atoms with van der Waals surface area (Å²) in [7, 11) is 0. The maximum absolute atomic E-state index is 13.2. The molecule has 10 heteroatoms. The van der Waals surface area contributed by atoms with Gasteiger partial charge in [-0.15, -0.1) is 0 Å². The summed E-state index contributed by atoms with van der Waals surface area (Å²) in [6.45, 7) is 2.49. The van der Waals surface area contributed by atoms with Crippen LogP contribution >= 0.6 is 0 Å². The number of alkyl halides is 3. The molecule has 0 radical (unpaired) electrons. The second-order valence-corrected chi connectivity index (χ2v) is 7.44. The summed E-state index contributed by atoms with van der Waals surface area (Å²) in [5.41, 5.74) is -3.15. The molecule has 3 heterocycles. The van der Waals surface area contributed by atoms with Gasteiger partial charge >= 0.3 is 6.18 Å². The predicted octanol–water partition coefficient (Wildman–Crippen LogP) is 2.74. The third kappa shape index (κ3) is 2.91. The van der Waals surface area contributed by atoms with Gasteiger partial charge in [0.1, 0.15) is 11.4 Å². The summed E-state index contributed by atoms with van der Waals surface area (Å²) >= 11 is 0. The van der Waals surface area contributed by atoms with Crippen molar-refractivity contribution < 1.29 is 27.6 Å². The fourth-order valence-electron chi connectivity index (χ4n) is 3.41. The van der Waals surface area contributed by atoms with Gasteiger partial charge in [0.25, 0.3) is 5.91 Å². The van der Waals surface area contributed by atoms with Crippen LogP contribution in [0.15, 0.2) is 16.8 Å². The molecule has 0 bridgehead atoms. The Morgan fingerprint density at radius 2 is 2.07 bits per heavy atom. The van der Waals surface area contributed by atoms with Crippen molar-refractivity contribution in [3.63, 3.8) is 0 Å². The van der Waals surface area contributed by atoms with Crippen molar-refractivity contribution in [2.75, 3.05) is 6.54 Å². The first-order valence-electron chi connectivity index (χ1n) is 8.72. The highest BCUT2D eigenvalue weighted by Gasteiger charge is 2.55. The minimum atomic E-state index is -4.89. The second-order valence-electron chi connectivity index (χ2n) is 7.44. The number of fused-ring (bicyclic) bond motifs is 1. The molecule has 27 heavy (non-hydrogen) atoms. The molecule has 2 atom stereocenters. The van der Waals surface area contributed by atoms with Gasteiger partial charge in [0.05, 0.1) is 12.6 Å². The molecule has 1 fully saturated rings. The van der Waals surface area contributed by atoms with Gasteiger partial charge in [-0.25, -0.2) is 0 Å². The van der Waals surface area contributed by atoms with Crippen LogP contribution in [0.25, 0.3) is 0 Å². The highest BCUT2D eigenvalue weighted by molar-refractivity contribution is 5.92. The Morgan fingerprint density at radius 3 is 2.70 bits per heavy atom. The van der Waals surface area contributed by atoms with Gasteiger partial charge < -0.3 is 14.5 Å². The van der Waals surface area contributed by atoms with Gasteiger partial charge in [-0.2, -0.15) is 18.3 Å². The van der Waals surface area contributed by atoms with E-state index in [0.29, 0.717) is 18.7 Å². The van der Waals surface area contributed by atoms with Crippen molar-refractivity contribution in [1.82, 2.24) is 19.8 Å². The summed E-state index contributed by atoms with van der Waals surface area (Å²) in [4.78, 5) is 14.2. The van der Waals surface area contributed by atoms with E-state index >= 15 is 0 Å². The average molecular weight is 384 g/mol. The lowest BCUT2D eigenvalue weighted by Gasteiger charge is -2.32. The quantitative estimate of drug-likeness (QED) is 0.880. The topological polar surface area (TPSA) is 84.4 Å². The van der Waals surface area contributed by atoms with Crippen LogP contribution in [0.3, 0.4) is 0 Å². The van der Waals surface area contributed by atoms with Crippen LogP contribution in [0.1, 0.15) is 66.2 Å². The first kappa shape index (κ1) is 18.0. The molecule has 0 aromatic carbocycles. The number of halogens is 3. The molecule has 0 saturated heterocycles. The van der Waals surface area contributed by atoms with E-state index in [0.717, 1.165) is 12.8 Å². The number of carbonyl (C=O) groups excluding carboxylic acids is 1. The zero-order chi connectivity index (χ0) is 19.6. The predicted molar refractivity (Wildman–Crippen MR) is 85.8 cm³/mol. The number of amides is 1. The molecule has 0 spiro atoms. The highest BCUT2D eigenvalue weighted by Crippen LogP contribution is 2.43. The number of hydrogen-bond donors (Lipinski definition) is 1. The van der Waals surface area contributed by atoms with E-state index in [1.54, 1.807) is 23.9 Å². The molecule has 1 N–H and O–H groups in total. The summed E-state index contributed by atoms with van der Waals surface area (Å²) in [6, 6.07) is 1.99. The largest absolute Gasteiger partial charge is 0.422 e. The first-order valence-corrected chi connectivity index (χ1v) is 8.72. The minimum Gasteiger partial charge on any atom is -0.375 e. The molecule has 2 aliphatic rings. The Balaban J connectivity index is 1.59. The van der Waals surface area contributed by atoms with Gasteiger partial charge in [0.2, 0.25) is 5.60 Å². The third-order valence-electron chi connectivity index (χ3n) is 5.17.